The largest absolute Gasteiger partial charge is 0.750 e. The van der Waals surface area contributed by atoms with Crippen molar-refractivity contribution < 1.29 is 13.3 Å². The molecule has 0 saturated carbocycles. The molecule has 0 heterocycles. The van der Waals surface area contributed by atoms with E-state index >= 15 is 0 Å². The molecule has 0 aromatic carbocycles. The molecule has 0 bridgehead atoms. The molecule has 0 spiro atoms. The van der Waals surface area contributed by atoms with E-state index in [1.165, 1.54) is 12.8 Å². The number of hydrogen-bond acceptors (Lipinski definition) is 3. The Labute approximate surface area is 57.6 Å². The Hall–Kier alpha value is 0.0300. The second kappa shape index (κ2) is 10.9. The van der Waals surface area contributed by atoms with Gasteiger partial charge in [0.15, 0.2) is 0 Å². The van der Waals surface area contributed by atoms with E-state index in [9.17, 15) is 0 Å². The Kier molecular flexibility index (Phi) is 14.3. The topological polar surface area (TPSA) is 86.4 Å². The van der Waals surface area contributed by atoms with E-state index < -0.39 is 11.4 Å². The van der Waals surface area contributed by atoms with Gasteiger partial charge in [-0.2, -0.15) is 0 Å². The maximum Gasteiger partial charge on any atom is 0.0814 e. The van der Waals surface area contributed by atoms with Crippen LogP contribution in [-0.4, -0.2) is 19.9 Å². The lowest BCUT2D eigenvalue weighted by Gasteiger charge is -1.83. The van der Waals surface area contributed by atoms with Crippen molar-refractivity contribution in [2.24, 2.45) is 5.73 Å². The van der Waals surface area contributed by atoms with E-state index in [0.717, 1.165) is 6.54 Å². The third kappa shape index (κ3) is 70.9. The van der Waals surface area contributed by atoms with Crippen molar-refractivity contribution in [2.45, 2.75) is 19.8 Å². The SMILES string of the molecule is CCCCN.O=S([O-])O. The first-order chi connectivity index (χ1) is 4.15. The lowest BCUT2D eigenvalue weighted by Crippen LogP contribution is -1.95. The molecule has 0 fully saturated rings. The minimum atomic E-state index is -2.86. The molecule has 9 heavy (non-hydrogen) atoms. The van der Waals surface area contributed by atoms with Gasteiger partial charge in [-0.1, -0.05) is 13.3 Å². The van der Waals surface area contributed by atoms with Crippen LogP contribution in [0.1, 0.15) is 19.8 Å². The van der Waals surface area contributed by atoms with Gasteiger partial charge in [0.1, 0.15) is 0 Å². The van der Waals surface area contributed by atoms with E-state index in [4.69, 9.17) is 19.0 Å². The van der Waals surface area contributed by atoms with E-state index in [2.05, 4.69) is 6.92 Å². The Morgan fingerprint density at radius 3 is 2.11 bits per heavy atom. The van der Waals surface area contributed by atoms with E-state index in [1.807, 2.05) is 0 Å². The summed E-state index contributed by atoms with van der Waals surface area (Å²) in [5.74, 6) is 0. The monoisotopic (exact) mass is 154 g/mol. The summed E-state index contributed by atoms with van der Waals surface area (Å²) < 4.78 is 24.1. The maximum atomic E-state index is 8.56. The van der Waals surface area contributed by atoms with Crippen molar-refractivity contribution in [3.63, 3.8) is 0 Å². The van der Waals surface area contributed by atoms with E-state index in [0.29, 0.717) is 0 Å². The van der Waals surface area contributed by atoms with Gasteiger partial charge in [-0.3, -0.25) is 0 Å². The zero-order chi connectivity index (χ0) is 7.70. The fourth-order valence-electron chi connectivity index (χ4n) is 0.204. The molecule has 1 atom stereocenters. The Bertz CT molecular complexity index is 62.8. The second-order valence-electron chi connectivity index (χ2n) is 1.36. The molecule has 4 nitrogen and oxygen atoms in total. The number of unbranched alkanes of at least 4 members (excludes halogenated alkanes) is 1. The van der Waals surface area contributed by atoms with Gasteiger partial charge < -0.3 is 14.8 Å². The molecular weight excluding hydrogens is 142 g/mol. The van der Waals surface area contributed by atoms with E-state index in [-0.39, 0.29) is 0 Å². The van der Waals surface area contributed by atoms with Crippen molar-refractivity contribution in [1.29, 1.82) is 0 Å². The molecule has 0 aliphatic carbocycles. The summed E-state index contributed by atoms with van der Waals surface area (Å²) in [7, 11) is 0. The summed E-state index contributed by atoms with van der Waals surface area (Å²) in [6, 6.07) is 0. The van der Waals surface area contributed by atoms with Crippen LogP contribution in [-0.2, 0) is 11.4 Å². The Balaban J connectivity index is 0. The first-order valence-corrected chi connectivity index (χ1v) is 3.66. The van der Waals surface area contributed by atoms with Crippen LogP contribution < -0.4 is 5.73 Å². The quantitative estimate of drug-likeness (QED) is 0.551. The Morgan fingerprint density at radius 2 is 2.11 bits per heavy atom. The molecule has 3 N–H and O–H groups in total. The van der Waals surface area contributed by atoms with Crippen LogP contribution in [0.4, 0.5) is 0 Å². The van der Waals surface area contributed by atoms with Gasteiger partial charge in [0, 0.05) is 0 Å². The molecule has 0 aromatic rings. The average molecular weight is 154 g/mol. The Morgan fingerprint density at radius 1 is 1.78 bits per heavy atom. The van der Waals surface area contributed by atoms with E-state index in [1.54, 1.807) is 0 Å². The lowest BCUT2D eigenvalue weighted by molar-refractivity contribution is 0.436. The first-order valence-electron chi connectivity index (χ1n) is 2.63. The maximum absolute atomic E-state index is 8.56. The van der Waals surface area contributed by atoms with Crippen LogP contribution >= 0.6 is 0 Å². The van der Waals surface area contributed by atoms with Gasteiger partial charge >= 0.3 is 0 Å². The van der Waals surface area contributed by atoms with Crippen molar-refractivity contribution >= 4 is 11.4 Å². The van der Waals surface area contributed by atoms with Gasteiger partial charge in [-0.05, 0) is 13.0 Å². The minimum Gasteiger partial charge on any atom is -0.750 e. The summed E-state index contributed by atoms with van der Waals surface area (Å²) in [4.78, 5) is 0. The van der Waals surface area contributed by atoms with Crippen LogP contribution in [0.2, 0.25) is 0 Å². The number of nitrogens with two attached hydrogens (primary N) is 1. The average Bonchev–Trinajstić information content (AvgIpc) is 1.66. The normalized spacial score (nSPS) is 11.6. The predicted octanol–water partition coefficient (Wildman–Crippen LogP) is 0.0837. The number of hydrogen-bond donors (Lipinski definition) is 2. The van der Waals surface area contributed by atoms with Gasteiger partial charge in [-0.15, -0.1) is 0 Å². The van der Waals surface area contributed by atoms with Crippen LogP contribution in [0.15, 0.2) is 0 Å². The summed E-state index contributed by atoms with van der Waals surface area (Å²) in [6.07, 6.45) is 2.39. The highest BCUT2D eigenvalue weighted by Crippen LogP contribution is 1.77. The predicted molar refractivity (Wildman–Crippen MR) is 35.5 cm³/mol. The molecule has 0 amide bonds. The van der Waals surface area contributed by atoms with Gasteiger partial charge in [-0.25, -0.2) is 4.21 Å². The smallest absolute Gasteiger partial charge is 0.0814 e. The third-order valence-corrected chi connectivity index (χ3v) is 0.558. The van der Waals surface area contributed by atoms with Gasteiger partial charge in [0.05, 0.1) is 11.4 Å². The van der Waals surface area contributed by atoms with Crippen LogP contribution in [0.25, 0.3) is 0 Å². The molecule has 0 radical (unpaired) electrons. The summed E-state index contributed by atoms with van der Waals surface area (Å²) in [5, 5.41) is 0. The highest BCUT2D eigenvalue weighted by molar-refractivity contribution is 7.73. The molecule has 0 rings (SSSR count). The molecule has 0 aromatic heterocycles. The molecule has 58 valence electrons. The highest BCUT2D eigenvalue weighted by atomic mass is 32.2. The van der Waals surface area contributed by atoms with Crippen LogP contribution in [0.3, 0.4) is 0 Å². The fraction of sp³-hybridized carbons (Fsp3) is 1.00. The van der Waals surface area contributed by atoms with Crippen molar-refractivity contribution in [1.82, 2.24) is 0 Å². The summed E-state index contributed by atoms with van der Waals surface area (Å²) >= 11 is -2.86. The van der Waals surface area contributed by atoms with Crippen molar-refractivity contribution in [3.8, 4) is 0 Å². The van der Waals surface area contributed by atoms with Crippen LogP contribution in [0.5, 0.6) is 0 Å². The molecule has 5 heteroatoms. The fourth-order valence-corrected chi connectivity index (χ4v) is 0.204. The number of rotatable bonds is 2. The zero-order valence-corrected chi connectivity index (χ0v) is 6.19. The standard InChI is InChI=1S/C4H11N.H2O3S/c1-2-3-4-5;1-4(2)3/h2-5H2,1H3;(H2,1,2,3)/p-1. The lowest BCUT2D eigenvalue weighted by atomic mass is 10.3. The summed E-state index contributed by atoms with van der Waals surface area (Å²) in [5.41, 5.74) is 5.14. The molecule has 0 aliphatic heterocycles. The van der Waals surface area contributed by atoms with Crippen LogP contribution in [0, 0.1) is 0 Å². The van der Waals surface area contributed by atoms with Gasteiger partial charge in [0.25, 0.3) is 0 Å². The zero-order valence-electron chi connectivity index (χ0n) is 5.37. The van der Waals surface area contributed by atoms with Gasteiger partial charge in [0.2, 0.25) is 0 Å². The molecular formula is C4H12NO3S-. The highest BCUT2D eigenvalue weighted by Gasteiger charge is 1.67. The molecule has 1 unspecified atom stereocenters. The molecule has 0 saturated heterocycles. The second-order valence-corrected chi connectivity index (χ2v) is 1.79. The summed E-state index contributed by atoms with van der Waals surface area (Å²) in [6.45, 7) is 2.98. The molecule has 0 aliphatic rings. The van der Waals surface area contributed by atoms with Crippen molar-refractivity contribution in [2.75, 3.05) is 6.54 Å². The van der Waals surface area contributed by atoms with Crippen molar-refractivity contribution in [3.05, 3.63) is 0 Å². The minimum absolute atomic E-state index is 0.844. The first kappa shape index (κ1) is 11.8. The third-order valence-electron chi connectivity index (χ3n) is 0.558.